The highest BCUT2D eigenvalue weighted by molar-refractivity contribution is 5.77. The van der Waals surface area contributed by atoms with Crippen LogP contribution in [0.25, 0.3) is 11.0 Å². The number of fused-ring (bicyclic) bond motifs is 1. The van der Waals surface area contributed by atoms with E-state index in [-0.39, 0.29) is 6.42 Å². The van der Waals surface area contributed by atoms with Gasteiger partial charge in [-0.1, -0.05) is 18.2 Å². The minimum atomic E-state index is -0.801. The van der Waals surface area contributed by atoms with E-state index < -0.39 is 5.97 Å². The van der Waals surface area contributed by atoms with Crippen LogP contribution in [-0.2, 0) is 17.8 Å². The maximum atomic E-state index is 10.7. The maximum Gasteiger partial charge on any atom is 0.303 e. The summed E-state index contributed by atoms with van der Waals surface area (Å²) in [5.74, 6) is 0.0103. The Hall–Kier alpha value is -2.10. The number of aromatic nitrogens is 2. The highest BCUT2D eigenvalue weighted by Crippen LogP contribution is 2.20. The molecule has 0 radical (unpaired) electrons. The van der Waals surface area contributed by atoms with Crippen molar-refractivity contribution in [3.63, 3.8) is 0 Å². The zero-order chi connectivity index (χ0) is 14.0. The molecule has 2 aromatic rings. The van der Waals surface area contributed by atoms with E-state index in [9.17, 15) is 4.79 Å². The van der Waals surface area contributed by atoms with Gasteiger partial charge in [-0.2, -0.15) is 0 Å². The normalized spacial score (nSPS) is 10.8. The highest BCUT2D eigenvalue weighted by Gasteiger charge is 2.12. The molecule has 100 valence electrons. The van der Waals surface area contributed by atoms with Crippen molar-refractivity contribution < 1.29 is 9.90 Å². The lowest BCUT2D eigenvalue weighted by Crippen LogP contribution is -2.07. The van der Waals surface area contributed by atoms with Crippen molar-refractivity contribution in [2.75, 3.05) is 0 Å². The minimum absolute atomic E-state index is 0.0957. The number of benzene rings is 1. The number of aryl methyl sites for hydroxylation is 2. The Labute approximate surface area is 112 Å². The number of carboxylic acid groups (broad SMARTS) is 1. The molecule has 0 aliphatic rings. The molecular weight excluding hydrogens is 240 g/mol. The first-order valence-electron chi connectivity index (χ1n) is 6.29. The number of hydrogen-bond acceptors (Lipinski definition) is 2. The van der Waals surface area contributed by atoms with Crippen molar-refractivity contribution in [1.29, 1.82) is 0 Å². The molecule has 0 aliphatic heterocycles. The van der Waals surface area contributed by atoms with Gasteiger partial charge in [-0.05, 0) is 31.5 Å². The van der Waals surface area contributed by atoms with Crippen LogP contribution in [0.5, 0.6) is 0 Å². The highest BCUT2D eigenvalue weighted by atomic mass is 16.4. The zero-order valence-corrected chi connectivity index (χ0v) is 11.3. The lowest BCUT2D eigenvalue weighted by atomic mass is 10.2. The average Bonchev–Trinajstić information content (AvgIpc) is 2.63. The van der Waals surface area contributed by atoms with E-state index in [1.807, 2.05) is 32.0 Å². The Morgan fingerprint density at radius 3 is 2.84 bits per heavy atom. The molecule has 1 N–H and O–H groups in total. The first kappa shape index (κ1) is 13.3. The third-order valence-corrected chi connectivity index (χ3v) is 2.97. The van der Waals surface area contributed by atoms with E-state index in [4.69, 9.17) is 5.11 Å². The topological polar surface area (TPSA) is 55.1 Å². The van der Waals surface area contributed by atoms with Crippen molar-refractivity contribution in [1.82, 2.24) is 9.55 Å². The van der Waals surface area contributed by atoms with Crippen LogP contribution in [0.3, 0.4) is 0 Å². The molecule has 2 rings (SSSR count). The number of hydrogen-bond donors (Lipinski definition) is 1. The monoisotopic (exact) mass is 258 g/mol. The first-order chi connectivity index (χ1) is 8.97. The lowest BCUT2D eigenvalue weighted by Gasteiger charge is -2.08. The molecule has 1 aromatic carbocycles. The Morgan fingerprint density at radius 1 is 1.47 bits per heavy atom. The van der Waals surface area contributed by atoms with E-state index in [2.05, 4.69) is 16.1 Å². The molecule has 0 amide bonds. The Bertz CT molecular complexity index is 641. The van der Waals surface area contributed by atoms with Gasteiger partial charge in [0.2, 0.25) is 0 Å². The van der Waals surface area contributed by atoms with Crippen LogP contribution in [0.15, 0.2) is 30.4 Å². The van der Waals surface area contributed by atoms with Crippen LogP contribution in [0.4, 0.5) is 0 Å². The van der Waals surface area contributed by atoms with Gasteiger partial charge >= 0.3 is 5.97 Å². The van der Waals surface area contributed by atoms with Gasteiger partial charge in [-0.25, -0.2) is 4.98 Å². The summed E-state index contributed by atoms with van der Waals surface area (Å²) >= 11 is 0. The van der Waals surface area contributed by atoms with E-state index in [0.717, 1.165) is 28.0 Å². The fraction of sp³-hybridized carbons (Fsp3) is 0.333. The van der Waals surface area contributed by atoms with Gasteiger partial charge in [-0.15, -0.1) is 0 Å². The number of carboxylic acids is 1. The summed E-state index contributed by atoms with van der Waals surface area (Å²) < 4.78 is 2.06. The largest absolute Gasteiger partial charge is 0.481 e. The number of aliphatic carboxylic acids is 1. The standard InChI is InChI=1S/C15H18N2O2/c1-10(2)9-17-13-5-4-11(3)8-12(13)16-14(17)6-7-15(18)19/h4-5,8H,1,6-7,9H2,2-3H3,(H,18,19). The predicted octanol–water partition coefficient (Wildman–Crippen LogP) is 2.94. The quantitative estimate of drug-likeness (QED) is 0.839. The second-order valence-electron chi connectivity index (χ2n) is 4.96. The van der Waals surface area contributed by atoms with Gasteiger partial charge in [0.25, 0.3) is 0 Å². The van der Waals surface area contributed by atoms with Gasteiger partial charge in [0.1, 0.15) is 5.82 Å². The average molecular weight is 258 g/mol. The second kappa shape index (κ2) is 5.26. The first-order valence-corrected chi connectivity index (χ1v) is 6.29. The SMILES string of the molecule is C=C(C)Cn1c(CCC(=O)O)nc2cc(C)ccc21. The number of rotatable bonds is 5. The molecule has 0 bridgehead atoms. The molecule has 1 heterocycles. The van der Waals surface area contributed by atoms with Crippen LogP contribution in [0.2, 0.25) is 0 Å². The van der Waals surface area contributed by atoms with Gasteiger partial charge in [0, 0.05) is 13.0 Å². The molecule has 4 heteroatoms. The molecule has 1 aromatic heterocycles. The molecule has 4 nitrogen and oxygen atoms in total. The number of allylic oxidation sites excluding steroid dienone is 1. The van der Waals surface area contributed by atoms with Crippen molar-refractivity contribution in [2.24, 2.45) is 0 Å². The van der Waals surface area contributed by atoms with Gasteiger partial charge in [0.15, 0.2) is 0 Å². The van der Waals surface area contributed by atoms with Crippen LogP contribution in [0, 0.1) is 6.92 Å². The predicted molar refractivity (Wildman–Crippen MR) is 75.2 cm³/mol. The third-order valence-electron chi connectivity index (χ3n) is 2.97. The van der Waals surface area contributed by atoms with Gasteiger partial charge < -0.3 is 9.67 Å². The lowest BCUT2D eigenvalue weighted by molar-refractivity contribution is -0.137. The fourth-order valence-electron chi connectivity index (χ4n) is 2.15. The Balaban J connectivity index is 2.47. The third kappa shape index (κ3) is 3.02. The smallest absolute Gasteiger partial charge is 0.303 e. The van der Waals surface area contributed by atoms with E-state index in [0.29, 0.717) is 13.0 Å². The van der Waals surface area contributed by atoms with Crippen LogP contribution in [-0.4, -0.2) is 20.6 Å². The van der Waals surface area contributed by atoms with Gasteiger partial charge in [0.05, 0.1) is 17.5 Å². The minimum Gasteiger partial charge on any atom is -0.481 e. The summed E-state index contributed by atoms with van der Waals surface area (Å²) in [6.07, 6.45) is 0.537. The number of nitrogens with zero attached hydrogens (tertiary/aromatic N) is 2. The van der Waals surface area contributed by atoms with E-state index >= 15 is 0 Å². The molecule has 0 saturated carbocycles. The molecule has 0 spiro atoms. The van der Waals surface area contributed by atoms with Crippen molar-refractivity contribution in [2.45, 2.75) is 33.2 Å². The van der Waals surface area contributed by atoms with Crippen molar-refractivity contribution in [3.8, 4) is 0 Å². The molecule has 0 saturated heterocycles. The summed E-state index contributed by atoms with van der Waals surface area (Å²) in [5.41, 5.74) is 4.13. The second-order valence-corrected chi connectivity index (χ2v) is 4.96. The molecule has 0 unspecified atom stereocenters. The fourth-order valence-corrected chi connectivity index (χ4v) is 2.15. The number of carbonyl (C=O) groups is 1. The van der Waals surface area contributed by atoms with Crippen molar-refractivity contribution in [3.05, 3.63) is 41.7 Å². The summed E-state index contributed by atoms with van der Waals surface area (Å²) in [7, 11) is 0. The van der Waals surface area contributed by atoms with Crippen LogP contribution in [0.1, 0.15) is 24.7 Å². The summed E-state index contributed by atoms with van der Waals surface area (Å²) in [6, 6.07) is 6.10. The van der Waals surface area contributed by atoms with Crippen molar-refractivity contribution >= 4 is 17.0 Å². The Morgan fingerprint density at radius 2 is 2.21 bits per heavy atom. The molecule has 19 heavy (non-hydrogen) atoms. The Kier molecular flexibility index (Phi) is 3.69. The summed E-state index contributed by atoms with van der Waals surface area (Å²) in [4.78, 5) is 15.3. The molecule has 0 atom stereocenters. The van der Waals surface area contributed by atoms with Crippen LogP contribution < -0.4 is 0 Å². The molecule has 0 fully saturated rings. The van der Waals surface area contributed by atoms with Gasteiger partial charge in [-0.3, -0.25) is 4.79 Å². The molecular formula is C15H18N2O2. The zero-order valence-electron chi connectivity index (χ0n) is 11.3. The van der Waals surface area contributed by atoms with Crippen LogP contribution >= 0.6 is 0 Å². The number of imidazole rings is 1. The maximum absolute atomic E-state index is 10.7. The summed E-state index contributed by atoms with van der Waals surface area (Å²) in [5, 5.41) is 8.81. The molecule has 0 aliphatic carbocycles. The van der Waals surface area contributed by atoms with E-state index in [1.165, 1.54) is 0 Å². The van der Waals surface area contributed by atoms with E-state index in [1.54, 1.807) is 0 Å². The summed E-state index contributed by atoms with van der Waals surface area (Å²) in [6.45, 7) is 8.58.